The Morgan fingerprint density at radius 3 is 2.59 bits per heavy atom. The first kappa shape index (κ1) is 31.2. The Kier molecular flexibility index (Phi) is 11.4. The maximum atomic E-state index is 13.6. The molecule has 1 aliphatic heterocycles. The van der Waals surface area contributed by atoms with E-state index in [2.05, 4.69) is 17.1 Å². The number of hydrogen-bond donors (Lipinski definition) is 2. The molecule has 2 amide bonds. The lowest BCUT2D eigenvalue weighted by molar-refractivity contribution is -0.116. The molecule has 0 spiro atoms. The summed E-state index contributed by atoms with van der Waals surface area (Å²) in [5, 5.41) is 13.8. The molecule has 8 nitrogen and oxygen atoms in total. The number of fused-ring (bicyclic) bond motifs is 1. The molecular formula is C29H40Cl2N4O4. The zero-order valence-corrected chi connectivity index (χ0v) is 24.9. The maximum Gasteiger partial charge on any atom is 0.258 e. The van der Waals surface area contributed by atoms with Crippen LogP contribution in [0.15, 0.2) is 36.4 Å². The Labute approximate surface area is 241 Å². The topological polar surface area (TPSA) is 85.3 Å². The highest BCUT2D eigenvalue weighted by molar-refractivity contribution is 6.42. The molecule has 1 heterocycles. The average molecular weight is 580 g/mol. The molecule has 3 rings (SSSR count). The number of anilines is 1. The van der Waals surface area contributed by atoms with Crippen molar-refractivity contribution in [1.29, 1.82) is 0 Å². The Balaban J connectivity index is 1.82. The van der Waals surface area contributed by atoms with Crippen LogP contribution in [-0.2, 0) is 11.3 Å². The average Bonchev–Trinajstić information content (AvgIpc) is 2.88. The fourth-order valence-corrected chi connectivity index (χ4v) is 4.94. The van der Waals surface area contributed by atoms with Gasteiger partial charge in [0.05, 0.1) is 28.3 Å². The smallest absolute Gasteiger partial charge is 0.258 e. The highest BCUT2D eigenvalue weighted by Crippen LogP contribution is 2.31. The van der Waals surface area contributed by atoms with Crippen LogP contribution in [0.1, 0.15) is 42.6 Å². The maximum absolute atomic E-state index is 13.6. The van der Waals surface area contributed by atoms with E-state index in [1.165, 1.54) is 0 Å². The molecule has 0 radical (unpaired) electrons. The van der Waals surface area contributed by atoms with Gasteiger partial charge in [-0.15, -0.1) is 0 Å². The number of rotatable bonds is 11. The fourth-order valence-electron chi connectivity index (χ4n) is 4.62. The normalized spacial score (nSPS) is 18.4. The number of aliphatic hydroxyl groups excluding tert-OH is 1. The summed E-state index contributed by atoms with van der Waals surface area (Å²) in [5.74, 6) is 0.111. The van der Waals surface area contributed by atoms with Crippen LogP contribution in [0, 0.1) is 5.92 Å². The third-order valence-corrected chi connectivity index (χ3v) is 7.62. The van der Waals surface area contributed by atoms with Gasteiger partial charge in [-0.3, -0.25) is 14.5 Å². The fraction of sp³-hybridized carbons (Fsp3) is 0.517. The second-order valence-electron chi connectivity index (χ2n) is 10.7. The van der Waals surface area contributed by atoms with E-state index >= 15 is 0 Å². The minimum atomic E-state index is -0.371. The summed E-state index contributed by atoms with van der Waals surface area (Å²) in [6.45, 7) is 6.21. The summed E-state index contributed by atoms with van der Waals surface area (Å²) in [5.41, 5.74) is 1.94. The molecule has 3 atom stereocenters. The Hall–Kier alpha value is -2.36. The molecule has 1 aliphatic rings. The Bertz CT molecular complexity index is 1150. The molecule has 0 saturated carbocycles. The molecule has 0 bridgehead atoms. The molecule has 0 fully saturated rings. The molecule has 2 aromatic carbocycles. The number of halogens is 2. The van der Waals surface area contributed by atoms with Crippen LogP contribution in [-0.4, -0.2) is 91.2 Å². The van der Waals surface area contributed by atoms with Gasteiger partial charge in [0.1, 0.15) is 11.9 Å². The van der Waals surface area contributed by atoms with Crippen LogP contribution in [0.3, 0.4) is 0 Å². The second-order valence-corrected chi connectivity index (χ2v) is 11.5. The monoisotopic (exact) mass is 578 g/mol. The van der Waals surface area contributed by atoms with E-state index in [1.807, 2.05) is 45.1 Å². The van der Waals surface area contributed by atoms with E-state index in [0.29, 0.717) is 53.1 Å². The van der Waals surface area contributed by atoms with Crippen LogP contribution in [0.2, 0.25) is 10.0 Å². The van der Waals surface area contributed by atoms with E-state index in [0.717, 1.165) is 18.5 Å². The zero-order chi connectivity index (χ0) is 28.7. The largest absolute Gasteiger partial charge is 0.488 e. The van der Waals surface area contributed by atoms with Crippen molar-refractivity contribution < 1.29 is 19.4 Å². The summed E-state index contributed by atoms with van der Waals surface area (Å²) < 4.78 is 6.47. The molecule has 214 valence electrons. The van der Waals surface area contributed by atoms with Gasteiger partial charge in [-0.05, 0) is 76.9 Å². The van der Waals surface area contributed by atoms with Crippen LogP contribution in [0.4, 0.5) is 5.69 Å². The van der Waals surface area contributed by atoms with Gasteiger partial charge >= 0.3 is 0 Å². The Morgan fingerprint density at radius 2 is 1.92 bits per heavy atom. The van der Waals surface area contributed by atoms with Gasteiger partial charge in [0.25, 0.3) is 5.91 Å². The van der Waals surface area contributed by atoms with Crippen molar-refractivity contribution in [3.05, 3.63) is 57.6 Å². The van der Waals surface area contributed by atoms with E-state index in [4.69, 9.17) is 27.9 Å². The van der Waals surface area contributed by atoms with Crippen LogP contribution in [0.25, 0.3) is 0 Å². The SMILES string of the molecule is C[C@H]1CN([C@@H](C)CO)C(=O)c2cc(NC(=O)CCCN(C)C)ccc2O[C@H]1CN(C)Cc1ccc(Cl)c(Cl)c1. The number of hydrogen-bond acceptors (Lipinski definition) is 6. The van der Waals surface area contributed by atoms with Gasteiger partial charge in [-0.2, -0.15) is 0 Å². The molecule has 2 N–H and O–H groups in total. The standard InChI is InChI=1S/C29H40Cl2N4O4/c1-19-15-35(20(2)18-36)29(38)23-14-22(32-28(37)7-6-12-33(3)4)9-11-26(23)39-27(19)17-34(5)16-21-8-10-24(30)25(31)13-21/h8-11,13-14,19-20,27,36H,6-7,12,15-18H2,1-5H3,(H,32,37)/t19-,20-,27-/m0/s1. The molecule has 39 heavy (non-hydrogen) atoms. The summed E-state index contributed by atoms with van der Waals surface area (Å²) in [7, 11) is 5.94. The number of carbonyl (C=O) groups is 2. The van der Waals surface area contributed by atoms with Crippen molar-refractivity contribution in [2.45, 2.75) is 45.4 Å². The molecule has 0 saturated heterocycles. The Morgan fingerprint density at radius 1 is 1.18 bits per heavy atom. The first-order chi connectivity index (χ1) is 18.5. The van der Waals surface area contributed by atoms with Crippen molar-refractivity contribution in [2.75, 3.05) is 52.7 Å². The first-order valence-electron chi connectivity index (χ1n) is 13.3. The number of aliphatic hydroxyl groups is 1. The lowest BCUT2D eigenvalue weighted by Gasteiger charge is -2.38. The number of likely N-dealkylation sites (N-methyl/N-ethyl adjacent to an activating group) is 1. The van der Waals surface area contributed by atoms with Gasteiger partial charge in [0.15, 0.2) is 0 Å². The minimum absolute atomic E-state index is 0.0107. The second kappa shape index (κ2) is 14.3. The van der Waals surface area contributed by atoms with Crippen molar-refractivity contribution in [1.82, 2.24) is 14.7 Å². The van der Waals surface area contributed by atoms with Crippen molar-refractivity contribution >= 4 is 40.7 Å². The van der Waals surface area contributed by atoms with Gasteiger partial charge in [0.2, 0.25) is 5.91 Å². The predicted octanol–water partition coefficient (Wildman–Crippen LogP) is 4.63. The lowest BCUT2D eigenvalue weighted by atomic mass is 9.99. The van der Waals surface area contributed by atoms with E-state index in [-0.39, 0.29) is 36.5 Å². The van der Waals surface area contributed by atoms with Crippen molar-refractivity contribution in [3.63, 3.8) is 0 Å². The third-order valence-electron chi connectivity index (χ3n) is 6.89. The molecule has 10 heteroatoms. The highest BCUT2D eigenvalue weighted by Gasteiger charge is 2.33. The van der Waals surface area contributed by atoms with Gasteiger partial charge < -0.3 is 25.0 Å². The van der Waals surface area contributed by atoms with Crippen molar-refractivity contribution in [3.8, 4) is 5.75 Å². The number of benzene rings is 2. The number of nitrogens with one attached hydrogen (secondary N) is 1. The summed E-state index contributed by atoms with van der Waals surface area (Å²) in [4.78, 5) is 32.0. The minimum Gasteiger partial charge on any atom is -0.488 e. The van der Waals surface area contributed by atoms with Crippen LogP contribution in [0.5, 0.6) is 5.75 Å². The third kappa shape index (κ3) is 8.82. The quantitative estimate of drug-likeness (QED) is 0.404. The van der Waals surface area contributed by atoms with E-state index < -0.39 is 0 Å². The predicted molar refractivity (Wildman–Crippen MR) is 157 cm³/mol. The lowest BCUT2D eigenvalue weighted by Crippen LogP contribution is -2.49. The van der Waals surface area contributed by atoms with E-state index in [1.54, 1.807) is 29.2 Å². The molecule has 0 aromatic heterocycles. The number of nitrogens with zero attached hydrogens (tertiary/aromatic N) is 3. The van der Waals surface area contributed by atoms with Gasteiger partial charge in [0, 0.05) is 37.7 Å². The van der Waals surface area contributed by atoms with Crippen LogP contribution >= 0.6 is 23.2 Å². The van der Waals surface area contributed by atoms with Gasteiger partial charge in [-0.1, -0.05) is 36.2 Å². The van der Waals surface area contributed by atoms with Crippen molar-refractivity contribution in [2.24, 2.45) is 5.92 Å². The summed E-state index contributed by atoms with van der Waals surface area (Å²) in [6, 6.07) is 10.4. The van der Waals surface area contributed by atoms with E-state index in [9.17, 15) is 14.7 Å². The number of ether oxygens (including phenoxy) is 1. The first-order valence-corrected chi connectivity index (χ1v) is 14.0. The van der Waals surface area contributed by atoms with Crippen LogP contribution < -0.4 is 10.1 Å². The highest BCUT2D eigenvalue weighted by atomic mass is 35.5. The molecular weight excluding hydrogens is 539 g/mol. The van der Waals surface area contributed by atoms with Gasteiger partial charge in [-0.25, -0.2) is 0 Å². The number of amides is 2. The number of carbonyl (C=O) groups excluding carboxylic acids is 2. The molecule has 0 aliphatic carbocycles. The zero-order valence-electron chi connectivity index (χ0n) is 23.4. The molecule has 0 unspecified atom stereocenters. The molecule has 2 aromatic rings. The summed E-state index contributed by atoms with van der Waals surface area (Å²) in [6.07, 6.45) is 0.894. The summed E-state index contributed by atoms with van der Waals surface area (Å²) >= 11 is 12.3.